The van der Waals surface area contributed by atoms with Crippen molar-refractivity contribution in [1.82, 2.24) is 4.98 Å². The average Bonchev–Trinajstić information content (AvgIpc) is 2.63. The SMILES string of the molecule is Clc1cnc(NCC2CCC(Cl)C2)c(Br)c1. The van der Waals surface area contributed by atoms with E-state index >= 15 is 0 Å². The Morgan fingerprint density at radius 3 is 2.94 bits per heavy atom. The Bertz CT molecular complexity index is 373. The van der Waals surface area contributed by atoms with Crippen LogP contribution in [0.4, 0.5) is 5.82 Å². The van der Waals surface area contributed by atoms with Crippen molar-refractivity contribution in [1.29, 1.82) is 0 Å². The molecule has 2 nitrogen and oxygen atoms in total. The molecule has 2 rings (SSSR count). The van der Waals surface area contributed by atoms with Crippen LogP contribution in [0.1, 0.15) is 19.3 Å². The number of hydrogen-bond donors (Lipinski definition) is 1. The molecule has 1 fully saturated rings. The molecule has 88 valence electrons. The number of anilines is 1. The molecule has 0 aromatic carbocycles. The van der Waals surface area contributed by atoms with Gasteiger partial charge in [0.25, 0.3) is 0 Å². The van der Waals surface area contributed by atoms with Gasteiger partial charge in [0.1, 0.15) is 5.82 Å². The van der Waals surface area contributed by atoms with Crippen molar-refractivity contribution in [2.45, 2.75) is 24.6 Å². The second kappa shape index (κ2) is 5.56. The number of rotatable bonds is 3. The number of pyridine rings is 1. The van der Waals surface area contributed by atoms with Gasteiger partial charge in [0.15, 0.2) is 0 Å². The van der Waals surface area contributed by atoms with Crippen molar-refractivity contribution in [3.8, 4) is 0 Å². The van der Waals surface area contributed by atoms with Crippen LogP contribution in [0, 0.1) is 5.92 Å². The lowest BCUT2D eigenvalue weighted by Crippen LogP contribution is -2.12. The third-order valence-electron chi connectivity index (χ3n) is 2.84. The summed E-state index contributed by atoms with van der Waals surface area (Å²) in [6, 6.07) is 1.84. The number of halogens is 3. The highest BCUT2D eigenvalue weighted by atomic mass is 79.9. The van der Waals surface area contributed by atoms with E-state index in [2.05, 4.69) is 26.2 Å². The smallest absolute Gasteiger partial charge is 0.140 e. The maximum Gasteiger partial charge on any atom is 0.140 e. The van der Waals surface area contributed by atoms with E-state index in [1.54, 1.807) is 6.20 Å². The zero-order chi connectivity index (χ0) is 11.5. The highest BCUT2D eigenvalue weighted by Gasteiger charge is 2.22. The van der Waals surface area contributed by atoms with Crippen LogP contribution in [0.2, 0.25) is 5.02 Å². The number of nitrogens with zero attached hydrogens (tertiary/aromatic N) is 1. The standard InChI is InChI=1S/C11H13BrCl2N2/c12-10-4-9(14)6-16-11(10)15-5-7-1-2-8(13)3-7/h4,6-8H,1-3,5H2,(H,15,16). The number of aromatic nitrogens is 1. The number of nitrogens with one attached hydrogen (secondary N) is 1. The highest BCUT2D eigenvalue weighted by Crippen LogP contribution is 2.30. The van der Waals surface area contributed by atoms with Crippen LogP contribution >= 0.6 is 39.1 Å². The quantitative estimate of drug-likeness (QED) is 0.838. The summed E-state index contributed by atoms with van der Waals surface area (Å²) in [4.78, 5) is 4.23. The lowest BCUT2D eigenvalue weighted by molar-refractivity contribution is 0.579. The third kappa shape index (κ3) is 3.25. The molecule has 1 N–H and O–H groups in total. The molecule has 0 saturated heterocycles. The minimum atomic E-state index is 0.355. The second-order valence-electron chi connectivity index (χ2n) is 4.14. The molecular weight excluding hydrogens is 311 g/mol. The van der Waals surface area contributed by atoms with Crippen molar-refractivity contribution in [2.75, 3.05) is 11.9 Å². The summed E-state index contributed by atoms with van der Waals surface area (Å²) in [6.45, 7) is 0.927. The van der Waals surface area contributed by atoms with Crippen LogP contribution in [-0.2, 0) is 0 Å². The summed E-state index contributed by atoms with van der Waals surface area (Å²) in [5.74, 6) is 1.51. The molecule has 1 saturated carbocycles. The molecule has 0 aliphatic heterocycles. The molecule has 16 heavy (non-hydrogen) atoms. The van der Waals surface area contributed by atoms with E-state index in [-0.39, 0.29) is 0 Å². The molecule has 0 bridgehead atoms. The maximum atomic E-state index is 6.07. The fourth-order valence-corrected chi connectivity index (χ4v) is 3.14. The zero-order valence-electron chi connectivity index (χ0n) is 8.72. The molecule has 5 heteroatoms. The van der Waals surface area contributed by atoms with Gasteiger partial charge in [-0.15, -0.1) is 11.6 Å². The van der Waals surface area contributed by atoms with Crippen molar-refractivity contribution in [3.05, 3.63) is 21.8 Å². The summed E-state index contributed by atoms with van der Waals surface area (Å²) >= 11 is 15.3. The molecule has 1 aliphatic rings. The van der Waals surface area contributed by atoms with Crippen LogP contribution < -0.4 is 5.32 Å². The Labute approximate surface area is 114 Å². The van der Waals surface area contributed by atoms with Crippen LogP contribution in [0.3, 0.4) is 0 Å². The molecular formula is C11H13BrCl2N2. The highest BCUT2D eigenvalue weighted by molar-refractivity contribution is 9.10. The molecule has 0 amide bonds. The molecule has 1 aliphatic carbocycles. The van der Waals surface area contributed by atoms with E-state index in [0.29, 0.717) is 16.3 Å². The third-order valence-corrected chi connectivity index (χ3v) is 4.05. The van der Waals surface area contributed by atoms with Gasteiger partial charge in [-0.3, -0.25) is 0 Å². The van der Waals surface area contributed by atoms with Crippen molar-refractivity contribution < 1.29 is 0 Å². The predicted octanol–water partition coefficient (Wildman–Crippen LogP) is 4.32. The Balaban J connectivity index is 1.89. The lowest BCUT2D eigenvalue weighted by Gasteiger charge is -2.12. The number of hydrogen-bond acceptors (Lipinski definition) is 2. The van der Waals surface area contributed by atoms with Gasteiger partial charge in [-0.2, -0.15) is 0 Å². The fourth-order valence-electron chi connectivity index (χ4n) is 1.98. The molecule has 2 unspecified atom stereocenters. The average molecular weight is 324 g/mol. The minimum absolute atomic E-state index is 0.355. The first-order chi connectivity index (χ1) is 7.65. The van der Waals surface area contributed by atoms with Gasteiger partial charge in [-0.25, -0.2) is 4.98 Å². The maximum absolute atomic E-state index is 6.07. The van der Waals surface area contributed by atoms with Gasteiger partial charge in [0.2, 0.25) is 0 Å². The Morgan fingerprint density at radius 1 is 1.50 bits per heavy atom. The van der Waals surface area contributed by atoms with Crippen LogP contribution in [0.5, 0.6) is 0 Å². The fraction of sp³-hybridized carbons (Fsp3) is 0.545. The summed E-state index contributed by atoms with van der Waals surface area (Å²) < 4.78 is 0.903. The molecule has 0 radical (unpaired) electrons. The predicted molar refractivity (Wildman–Crippen MR) is 72.4 cm³/mol. The molecule has 1 aromatic rings. The topological polar surface area (TPSA) is 24.9 Å². The first kappa shape index (κ1) is 12.5. The molecule has 1 heterocycles. The zero-order valence-corrected chi connectivity index (χ0v) is 11.8. The van der Waals surface area contributed by atoms with Gasteiger partial charge in [-0.05, 0) is 47.2 Å². The van der Waals surface area contributed by atoms with E-state index in [1.165, 1.54) is 6.42 Å². The van der Waals surface area contributed by atoms with Gasteiger partial charge in [0.05, 0.1) is 9.50 Å². The van der Waals surface area contributed by atoms with Crippen LogP contribution in [0.25, 0.3) is 0 Å². The summed E-state index contributed by atoms with van der Waals surface area (Å²) in [7, 11) is 0. The Morgan fingerprint density at radius 2 is 2.31 bits per heavy atom. The van der Waals surface area contributed by atoms with Gasteiger partial charge in [-0.1, -0.05) is 11.6 Å². The van der Waals surface area contributed by atoms with Crippen LogP contribution in [-0.4, -0.2) is 16.9 Å². The minimum Gasteiger partial charge on any atom is -0.369 e. The van der Waals surface area contributed by atoms with Crippen molar-refractivity contribution in [3.63, 3.8) is 0 Å². The van der Waals surface area contributed by atoms with Gasteiger partial charge in [0, 0.05) is 18.1 Å². The molecule has 1 aromatic heterocycles. The summed E-state index contributed by atoms with van der Waals surface area (Å²) in [6.07, 6.45) is 5.07. The Hall–Kier alpha value is 0.01000. The number of alkyl halides is 1. The van der Waals surface area contributed by atoms with Crippen molar-refractivity contribution in [2.24, 2.45) is 5.92 Å². The Kier molecular flexibility index (Phi) is 4.34. The summed E-state index contributed by atoms with van der Waals surface area (Å²) in [5.41, 5.74) is 0. The largest absolute Gasteiger partial charge is 0.369 e. The normalized spacial score (nSPS) is 24.7. The van der Waals surface area contributed by atoms with E-state index < -0.39 is 0 Å². The van der Waals surface area contributed by atoms with Gasteiger partial charge >= 0.3 is 0 Å². The van der Waals surface area contributed by atoms with E-state index in [4.69, 9.17) is 23.2 Å². The monoisotopic (exact) mass is 322 g/mol. The lowest BCUT2D eigenvalue weighted by atomic mass is 10.1. The van der Waals surface area contributed by atoms with E-state index in [0.717, 1.165) is 29.7 Å². The first-order valence-corrected chi connectivity index (χ1v) is 6.95. The summed E-state index contributed by atoms with van der Waals surface area (Å²) in [5, 5.41) is 4.32. The van der Waals surface area contributed by atoms with Crippen LogP contribution in [0.15, 0.2) is 16.7 Å². The first-order valence-electron chi connectivity index (χ1n) is 5.34. The van der Waals surface area contributed by atoms with E-state index in [9.17, 15) is 0 Å². The second-order valence-corrected chi connectivity index (χ2v) is 6.05. The molecule has 2 atom stereocenters. The van der Waals surface area contributed by atoms with E-state index in [1.807, 2.05) is 6.07 Å². The molecule has 0 spiro atoms. The van der Waals surface area contributed by atoms with Crippen molar-refractivity contribution >= 4 is 44.9 Å². The van der Waals surface area contributed by atoms with Gasteiger partial charge < -0.3 is 5.32 Å².